The quantitative estimate of drug-likeness (QED) is 0.861. The SMILES string of the molecule is COc1ccc2c(OC)nc(C3=NC(C(C)C)CS3)cc2c1. The van der Waals surface area contributed by atoms with E-state index in [0.29, 0.717) is 17.8 Å². The van der Waals surface area contributed by atoms with Gasteiger partial charge in [-0.15, -0.1) is 11.8 Å². The maximum atomic E-state index is 5.46. The Kier molecular flexibility index (Phi) is 4.25. The van der Waals surface area contributed by atoms with Crippen molar-refractivity contribution in [3.05, 3.63) is 30.0 Å². The minimum Gasteiger partial charge on any atom is -0.497 e. The molecule has 0 bridgehead atoms. The molecule has 1 aliphatic heterocycles. The summed E-state index contributed by atoms with van der Waals surface area (Å²) < 4.78 is 10.8. The van der Waals surface area contributed by atoms with Gasteiger partial charge >= 0.3 is 0 Å². The normalized spacial score (nSPS) is 17.9. The molecule has 0 amide bonds. The van der Waals surface area contributed by atoms with Crippen LogP contribution in [0.5, 0.6) is 11.6 Å². The van der Waals surface area contributed by atoms with Crippen LogP contribution in [0.1, 0.15) is 19.5 Å². The Morgan fingerprint density at radius 1 is 1.18 bits per heavy atom. The van der Waals surface area contributed by atoms with Crippen molar-refractivity contribution in [2.75, 3.05) is 20.0 Å². The number of rotatable bonds is 4. The summed E-state index contributed by atoms with van der Waals surface area (Å²) in [6.45, 7) is 4.41. The van der Waals surface area contributed by atoms with E-state index < -0.39 is 0 Å². The van der Waals surface area contributed by atoms with Gasteiger partial charge in [0.15, 0.2) is 0 Å². The summed E-state index contributed by atoms with van der Waals surface area (Å²) in [4.78, 5) is 9.45. The highest BCUT2D eigenvalue weighted by atomic mass is 32.2. The van der Waals surface area contributed by atoms with Gasteiger partial charge in [-0.3, -0.25) is 4.99 Å². The second-order valence-corrected chi connectivity index (χ2v) is 6.67. The fourth-order valence-electron chi connectivity index (χ4n) is 2.47. The number of fused-ring (bicyclic) bond motifs is 1. The largest absolute Gasteiger partial charge is 0.497 e. The molecule has 0 aliphatic carbocycles. The molecule has 4 nitrogen and oxygen atoms in total. The Hall–Kier alpha value is -1.75. The monoisotopic (exact) mass is 316 g/mol. The Balaban J connectivity index is 2.09. The lowest BCUT2D eigenvalue weighted by atomic mass is 10.1. The third-order valence-corrected chi connectivity index (χ3v) is 4.96. The predicted molar refractivity (Wildman–Crippen MR) is 92.5 cm³/mol. The molecule has 0 saturated heterocycles. The molecular formula is C17H20N2O2S. The smallest absolute Gasteiger partial charge is 0.221 e. The summed E-state index contributed by atoms with van der Waals surface area (Å²) in [7, 11) is 3.32. The minimum absolute atomic E-state index is 0.369. The standard InChI is InChI=1S/C17H20N2O2S/c1-10(2)15-9-22-17(19-15)14-8-11-7-12(20-3)5-6-13(11)16(18-14)21-4/h5-8,10,15H,9H2,1-4H3. The molecule has 1 unspecified atom stereocenters. The first-order valence-corrected chi connectivity index (χ1v) is 8.34. The summed E-state index contributed by atoms with van der Waals surface area (Å²) in [5.41, 5.74) is 0.880. The number of methoxy groups -OCH3 is 2. The molecule has 0 N–H and O–H groups in total. The average Bonchev–Trinajstić information content (AvgIpc) is 3.03. The van der Waals surface area contributed by atoms with Crippen LogP contribution in [-0.4, -0.2) is 36.0 Å². The number of benzene rings is 1. The first-order chi connectivity index (χ1) is 10.6. The first kappa shape index (κ1) is 15.2. The molecule has 22 heavy (non-hydrogen) atoms. The summed E-state index contributed by atoms with van der Waals surface area (Å²) in [5, 5.41) is 3.04. The number of nitrogens with zero attached hydrogens (tertiary/aromatic N) is 2. The highest BCUT2D eigenvalue weighted by Crippen LogP contribution is 2.32. The molecule has 5 heteroatoms. The van der Waals surface area contributed by atoms with E-state index in [1.807, 2.05) is 18.2 Å². The number of hydrogen-bond acceptors (Lipinski definition) is 5. The van der Waals surface area contributed by atoms with Crippen LogP contribution in [0, 0.1) is 5.92 Å². The fourth-order valence-corrected chi connectivity index (χ4v) is 3.72. The van der Waals surface area contributed by atoms with E-state index in [0.717, 1.165) is 33.0 Å². The highest BCUT2D eigenvalue weighted by molar-refractivity contribution is 8.14. The van der Waals surface area contributed by atoms with E-state index in [1.54, 1.807) is 26.0 Å². The van der Waals surface area contributed by atoms with Crippen LogP contribution in [0.25, 0.3) is 10.8 Å². The van der Waals surface area contributed by atoms with E-state index >= 15 is 0 Å². The van der Waals surface area contributed by atoms with Crippen molar-refractivity contribution in [3.63, 3.8) is 0 Å². The zero-order chi connectivity index (χ0) is 15.7. The molecule has 116 valence electrons. The number of hydrogen-bond donors (Lipinski definition) is 0. The van der Waals surface area contributed by atoms with Gasteiger partial charge in [0.05, 0.1) is 26.0 Å². The van der Waals surface area contributed by atoms with E-state index in [4.69, 9.17) is 14.5 Å². The van der Waals surface area contributed by atoms with Crippen molar-refractivity contribution >= 4 is 27.6 Å². The van der Waals surface area contributed by atoms with Gasteiger partial charge in [0.1, 0.15) is 10.8 Å². The van der Waals surface area contributed by atoms with E-state index in [-0.39, 0.29) is 0 Å². The van der Waals surface area contributed by atoms with Gasteiger partial charge in [-0.05, 0) is 35.6 Å². The van der Waals surface area contributed by atoms with Crippen LogP contribution in [0.3, 0.4) is 0 Å². The number of aromatic nitrogens is 1. The molecule has 1 aromatic carbocycles. The molecule has 0 radical (unpaired) electrons. The topological polar surface area (TPSA) is 43.7 Å². The van der Waals surface area contributed by atoms with Gasteiger partial charge in [0.2, 0.25) is 5.88 Å². The van der Waals surface area contributed by atoms with Crippen molar-refractivity contribution in [3.8, 4) is 11.6 Å². The van der Waals surface area contributed by atoms with Crippen molar-refractivity contribution in [1.29, 1.82) is 0 Å². The number of ether oxygens (including phenoxy) is 2. The van der Waals surface area contributed by atoms with Crippen LogP contribution < -0.4 is 9.47 Å². The Bertz CT molecular complexity index is 728. The Morgan fingerprint density at radius 2 is 2.00 bits per heavy atom. The molecule has 2 aromatic rings. The third-order valence-electron chi connectivity index (χ3n) is 3.86. The lowest BCUT2D eigenvalue weighted by Crippen LogP contribution is -2.11. The Morgan fingerprint density at radius 3 is 2.64 bits per heavy atom. The van der Waals surface area contributed by atoms with Crippen molar-refractivity contribution in [2.45, 2.75) is 19.9 Å². The lowest BCUT2D eigenvalue weighted by molar-refractivity contribution is 0.402. The summed E-state index contributed by atoms with van der Waals surface area (Å²) in [6.07, 6.45) is 0. The van der Waals surface area contributed by atoms with Crippen molar-refractivity contribution in [1.82, 2.24) is 4.98 Å². The van der Waals surface area contributed by atoms with Crippen molar-refractivity contribution in [2.24, 2.45) is 10.9 Å². The molecule has 2 heterocycles. The number of thioether (sulfide) groups is 1. The Labute approximate surface area is 134 Å². The van der Waals surface area contributed by atoms with E-state index in [9.17, 15) is 0 Å². The first-order valence-electron chi connectivity index (χ1n) is 7.36. The fraction of sp³-hybridized carbons (Fsp3) is 0.412. The van der Waals surface area contributed by atoms with Crippen LogP contribution in [0.2, 0.25) is 0 Å². The molecule has 1 atom stereocenters. The van der Waals surface area contributed by atoms with Gasteiger partial charge in [-0.1, -0.05) is 13.8 Å². The summed E-state index contributed by atoms with van der Waals surface area (Å²) in [5.74, 6) is 3.03. The van der Waals surface area contributed by atoms with Crippen LogP contribution >= 0.6 is 11.8 Å². The van der Waals surface area contributed by atoms with Gasteiger partial charge in [0.25, 0.3) is 0 Å². The predicted octanol–water partition coefficient (Wildman–Crippen LogP) is 3.77. The highest BCUT2D eigenvalue weighted by Gasteiger charge is 2.23. The molecule has 3 rings (SSSR count). The molecule has 1 aliphatic rings. The van der Waals surface area contributed by atoms with Gasteiger partial charge < -0.3 is 9.47 Å². The van der Waals surface area contributed by atoms with Crippen LogP contribution in [0.4, 0.5) is 0 Å². The lowest BCUT2D eigenvalue weighted by Gasteiger charge is -2.09. The summed E-state index contributed by atoms with van der Waals surface area (Å²) in [6, 6.07) is 8.33. The molecular weight excluding hydrogens is 296 g/mol. The van der Waals surface area contributed by atoms with Crippen LogP contribution in [-0.2, 0) is 0 Å². The van der Waals surface area contributed by atoms with Gasteiger partial charge in [-0.2, -0.15) is 0 Å². The second-order valence-electron chi connectivity index (χ2n) is 5.66. The van der Waals surface area contributed by atoms with E-state index in [1.165, 1.54) is 0 Å². The minimum atomic E-state index is 0.369. The molecule has 0 fully saturated rings. The average molecular weight is 316 g/mol. The molecule has 0 spiro atoms. The number of pyridine rings is 1. The number of aliphatic imine (C=N–C) groups is 1. The summed E-state index contributed by atoms with van der Waals surface area (Å²) >= 11 is 1.77. The van der Waals surface area contributed by atoms with Gasteiger partial charge in [-0.25, -0.2) is 4.98 Å². The van der Waals surface area contributed by atoms with E-state index in [2.05, 4.69) is 24.9 Å². The second kappa shape index (κ2) is 6.16. The molecule has 1 aromatic heterocycles. The maximum Gasteiger partial charge on any atom is 0.221 e. The zero-order valence-corrected chi connectivity index (χ0v) is 14.1. The van der Waals surface area contributed by atoms with Gasteiger partial charge in [0, 0.05) is 11.1 Å². The zero-order valence-electron chi connectivity index (χ0n) is 13.3. The maximum absolute atomic E-state index is 5.46. The third kappa shape index (κ3) is 2.77. The van der Waals surface area contributed by atoms with Crippen molar-refractivity contribution < 1.29 is 9.47 Å². The molecule has 0 saturated carbocycles. The van der Waals surface area contributed by atoms with Crippen LogP contribution in [0.15, 0.2) is 29.3 Å².